The van der Waals surface area contributed by atoms with Crippen molar-refractivity contribution in [2.24, 2.45) is 0 Å². The maximum atomic E-state index is 11.6. The number of nitrogens with one attached hydrogen (secondary N) is 1. The molecule has 0 atom stereocenters. The summed E-state index contributed by atoms with van der Waals surface area (Å²) in [6, 6.07) is 6.25. The SMILES string of the molecule is Cc1ccc(CNCCN2CCCS2(=O)=O)cc1Br. The fourth-order valence-corrected chi connectivity index (χ4v) is 4.08. The van der Waals surface area contributed by atoms with E-state index in [2.05, 4.69) is 46.4 Å². The lowest BCUT2D eigenvalue weighted by molar-refractivity contribution is 0.434. The molecule has 1 aromatic rings. The average molecular weight is 347 g/mol. The van der Waals surface area contributed by atoms with Crippen molar-refractivity contribution in [3.8, 4) is 0 Å². The van der Waals surface area contributed by atoms with E-state index in [0.29, 0.717) is 25.4 Å². The second kappa shape index (κ2) is 6.35. The van der Waals surface area contributed by atoms with E-state index in [4.69, 9.17) is 0 Å². The summed E-state index contributed by atoms with van der Waals surface area (Å²) >= 11 is 3.51. The normalized spacial score (nSPS) is 18.8. The summed E-state index contributed by atoms with van der Waals surface area (Å²) < 4.78 is 25.9. The van der Waals surface area contributed by atoms with Gasteiger partial charge in [0.2, 0.25) is 10.0 Å². The van der Waals surface area contributed by atoms with Crippen LogP contribution in [0.2, 0.25) is 0 Å². The van der Waals surface area contributed by atoms with Crippen molar-refractivity contribution in [2.75, 3.05) is 25.4 Å². The van der Waals surface area contributed by atoms with Gasteiger partial charge in [0.25, 0.3) is 0 Å². The monoisotopic (exact) mass is 346 g/mol. The van der Waals surface area contributed by atoms with Gasteiger partial charge >= 0.3 is 0 Å². The highest BCUT2D eigenvalue weighted by molar-refractivity contribution is 9.10. The Hall–Kier alpha value is -0.430. The largest absolute Gasteiger partial charge is 0.311 e. The molecule has 0 bridgehead atoms. The lowest BCUT2D eigenvalue weighted by Crippen LogP contribution is -2.33. The van der Waals surface area contributed by atoms with Crippen LogP contribution in [0.5, 0.6) is 0 Å². The van der Waals surface area contributed by atoms with Gasteiger partial charge in [-0.3, -0.25) is 0 Å². The van der Waals surface area contributed by atoms with E-state index in [1.807, 2.05) is 0 Å². The quantitative estimate of drug-likeness (QED) is 0.828. The maximum Gasteiger partial charge on any atom is 0.214 e. The molecule has 0 radical (unpaired) electrons. The van der Waals surface area contributed by atoms with Crippen LogP contribution in [0.3, 0.4) is 0 Å². The van der Waals surface area contributed by atoms with Crippen LogP contribution in [0.4, 0.5) is 0 Å². The highest BCUT2D eigenvalue weighted by Gasteiger charge is 2.27. The highest BCUT2D eigenvalue weighted by atomic mass is 79.9. The van der Waals surface area contributed by atoms with E-state index in [9.17, 15) is 8.42 Å². The molecule has 1 aromatic carbocycles. The first-order valence-corrected chi connectivity index (χ1v) is 8.83. The van der Waals surface area contributed by atoms with Gasteiger partial charge < -0.3 is 5.32 Å². The number of halogens is 1. The minimum Gasteiger partial charge on any atom is -0.311 e. The van der Waals surface area contributed by atoms with Crippen molar-refractivity contribution in [3.63, 3.8) is 0 Å². The molecule has 0 saturated carbocycles. The molecule has 1 aliphatic heterocycles. The third-order valence-electron chi connectivity index (χ3n) is 3.31. The van der Waals surface area contributed by atoms with Gasteiger partial charge in [0.15, 0.2) is 0 Å². The third-order valence-corrected chi connectivity index (χ3v) is 6.12. The summed E-state index contributed by atoms with van der Waals surface area (Å²) in [6.07, 6.45) is 0.757. The molecule has 106 valence electrons. The van der Waals surface area contributed by atoms with Crippen LogP contribution in [0, 0.1) is 6.92 Å². The second-order valence-electron chi connectivity index (χ2n) is 4.83. The number of hydrogen-bond acceptors (Lipinski definition) is 3. The molecule has 1 aliphatic rings. The zero-order valence-electron chi connectivity index (χ0n) is 11.0. The number of hydrogen-bond donors (Lipinski definition) is 1. The molecular weight excluding hydrogens is 328 g/mol. The van der Waals surface area contributed by atoms with E-state index in [1.165, 1.54) is 11.1 Å². The van der Waals surface area contributed by atoms with E-state index in [1.54, 1.807) is 4.31 Å². The minimum atomic E-state index is -2.96. The first-order chi connectivity index (χ1) is 8.99. The van der Waals surface area contributed by atoms with Crippen LogP contribution in [0.1, 0.15) is 17.5 Å². The van der Waals surface area contributed by atoms with Gasteiger partial charge in [-0.25, -0.2) is 12.7 Å². The third kappa shape index (κ3) is 4.02. The molecule has 2 rings (SSSR count). The van der Waals surface area contributed by atoms with Crippen LogP contribution in [0.15, 0.2) is 22.7 Å². The maximum absolute atomic E-state index is 11.6. The van der Waals surface area contributed by atoms with Gasteiger partial charge in [-0.2, -0.15) is 0 Å². The van der Waals surface area contributed by atoms with Crippen LogP contribution in [-0.4, -0.2) is 38.1 Å². The number of benzene rings is 1. The zero-order valence-corrected chi connectivity index (χ0v) is 13.4. The van der Waals surface area contributed by atoms with Gasteiger partial charge in [-0.05, 0) is 30.5 Å². The molecule has 0 spiro atoms. The number of sulfonamides is 1. The molecule has 1 fully saturated rings. The summed E-state index contributed by atoms with van der Waals surface area (Å²) in [5.41, 5.74) is 2.41. The number of rotatable bonds is 5. The van der Waals surface area contributed by atoms with Gasteiger partial charge in [-0.15, -0.1) is 0 Å². The molecule has 0 aromatic heterocycles. The Bertz CT molecular complexity index is 546. The van der Waals surface area contributed by atoms with Crippen LogP contribution >= 0.6 is 15.9 Å². The predicted molar refractivity (Wildman–Crippen MR) is 80.6 cm³/mol. The van der Waals surface area contributed by atoms with E-state index < -0.39 is 10.0 Å². The van der Waals surface area contributed by atoms with Gasteiger partial charge in [0, 0.05) is 30.7 Å². The Labute approximate surface area is 123 Å². The number of aryl methyl sites for hydroxylation is 1. The standard InChI is InChI=1S/C13H19BrN2O2S/c1-11-3-4-12(9-13(11)14)10-15-5-7-16-6-2-8-19(16,17)18/h3-4,9,15H,2,5-8,10H2,1H3. The van der Waals surface area contributed by atoms with Crippen molar-refractivity contribution in [2.45, 2.75) is 19.9 Å². The highest BCUT2D eigenvalue weighted by Crippen LogP contribution is 2.17. The average Bonchev–Trinajstić information content (AvgIpc) is 2.68. The zero-order chi connectivity index (χ0) is 13.9. The van der Waals surface area contributed by atoms with Crippen molar-refractivity contribution in [1.82, 2.24) is 9.62 Å². The summed E-state index contributed by atoms with van der Waals surface area (Å²) in [4.78, 5) is 0. The molecule has 1 heterocycles. The summed E-state index contributed by atoms with van der Waals surface area (Å²) in [5, 5.41) is 3.29. The second-order valence-corrected chi connectivity index (χ2v) is 7.77. The van der Waals surface area contributed by atoms with Crippen molar-refractivity contribution < 1.29 is 8.42 Å². The Morgan fingerprint density at radius 3 is 2.84 bits per heavy atom. The lowest BCUT2D eigenvalue weighted by Gasteiger charge is -2.14. The van der Waals surface area contributed by atoms with E-state index in [-0.39, 0.29) is 0 Å². The summed E-state index contributed by atoms with van der Waals surface area (Å²) in [7, 11) is -2.96. The van der Waals surface area contributed by atoms with Crippen LogP contribution < -0.4 is 5.32 Å². The van der Waals surface area contributed by atoms with Crippen molar-refractivity contribution >= 4 is 26.0 Å². The first-order valence-electron chi connectivity index (χ1n) is 6.42. The summed E-state index contributed by atoms with van der Waals surface area (Å²) in [5.74, 6) is 0.303. The Morgan fingerprint density at radius 1 is 1.42 bits per heavy atom. The Morgan fingerprint density at radius 2 is 2.21 bits per heavy atom. The van der Waals surface area contributed by atoms with E-state index in [0.717, 1.165) is 17.4 Å². The fourth-order valence-electron chi connectivity index (χ4n) is 2.13. The number of nitrogens with zero attached hydrogens (tertiary/aromatic N) is 1. The lowest BCUT2D eigenvalue weighted by atomic mass is 10.1. The van der Waals surface area contributed by atoms with E-state index >= 15 is 0 Å². The van der Waals surface area contributed by atoms with Gasteiger partial charge in [0.05, 0.1) is 5.75 Å². The molecule has 1 N–H and O–H groups in total. The molecule has 0 aliphatic carbocycles. The molecule has 4 nitrogen and oxygen atoms in total. The first kappa shape index (κ1) is 15.0. The predicted octanol–water partition coefficient (Wildman–Crippen LogP) is 1.88. The van der Waals surface area contributed by atoms with Crippen LogP contribution in [0.25, 0.3) is 0 Å². The molecule has 6 heteroatoms. The molecule has 1 saturated heterocycles. The minimum absolute atomic E-state index is 0.303. The topological polar surface area (TPSA) is 49.4 Å². The fraction of sp³-hybridized carbons (Fsp3) is 0.538. The molecule has 0 unspecified atom stereocenters. The van der Waals surface area contributed by atoms with Crippen molar-refractivity contribution in [1.29, 1.82) is 0 Å². The summed E-state index contributed by atoms with van der Waals surface area (Å²) in [6.45, 7) is 4.73. The molecule has 19 heavy (non-hydrogen) atoms. The molecular formula is C13H19BrN2O2S. The smallest absolute Gasteiger partial charge is 0.214 e. The Balaban J connectivity index is 1.76. The van der Waals surface area contributed by atoms with Gasteiger partial charge in [0.1, 0.15) is 0 Å². The molecule has 0 amide bonds. The van der Waals surface area contributed by atoms with Gasteiger partial charge in [-0.1, -0.05) is 28.1 Å². The Kier molecular flexibility index (Phi) is 5.00. The van der Waals surface area contributed by atoms with Crippen molar-refractivity contribution in [3.05, 3.63) is 33.8 Å². The van der Waals surface area contributed by atoms with Crippen LogP contribution in [-0.2, 0) is 16.6 Å².